The van der Waals surface area contributed by atoms with Crippen molar-refractivity contribution < 1.29 is 8.42 Å². The van der Waals surface area contributed by atoms with E-state index in [1.54, 1.807) is 4.31 Å². The molecule has 0 bridgehead atoms. The van der Waals surface area contributed by atoms with E-state index < -0.39 is 16.3 Å². The number of hydrogen-bond acceptors (Lipinski definition) is 3. The normalized spacial score (nSPS) is 32.0. The SMILES string of the molecule is CC1CCCCN1S(=O)(=O)N1CCCCC1C#N. The molecule has 2 rings (SSSR count). The summed E-state index contributed by atoms with van der Waals surface area (Å²) in [6, 6.07) is 1.72. The van der Waals surface area contributed by atoms with Gasteiger partial charge in [0.2, 0.25) is 0 Å². The summed E-state index contributed by atoms with van der Waals surface area (Å²) in [7, 11) is -3.45. The molecule has 18 heavy (non-hydrogen) atoms. The highest BCUT2D eigenvalue weighted by Crippen LogP contribution is 2.27. The predicted molar refractivity (Wildman–Crippen MR) is 68.9 cm³/mol. The zero-order valence-electron chi connectivity index (χ0n) is 10.9. The second-order valence-corrected chi connectivity index (χ2v) is 7.05. The lowest BCUT2D eigenvalue weighted by Gasteiger charge is -2.39. The van der Waals surface area contributed by atoms with Gasteiger partial charge in [0.15, 0.2) is 0 Å². The third-order valence-corrected chi connectivity index (χ3v) is 6.10. The topological polar surface area (TPSA) is 64.4 Å². The van der Waals surface area contributed by atoms with Gasteiger partial charge in [0.25, 0.3) is 10.2 Å². The van der Waals surface area contributed by atoms with E-state index in [2.05, 4.69) is 6.07 Å². The Balaban J connectivity index is 2.21. The van der Waals surface area contributed by atoms with Crippen molar-refractivity contribution in [2.24, 2.45) is 0 Å². The molecule has 0 aromatic heterocycles. The molecule has 5 nitrogen and oxygen atoms in total. The van der Waals surface area contributed by atoms with Crippen molar-refractivity contribution in [3.8, 4) is 6.07 Å². The minimum absolute atomic E-state index is 0.0602. The summed E-state index contributed by atoms with van der Waals surface area (Å²) in [4.78, 5) is 0. The maximum atomic E-state index is 12.6. The molecule has 2 fully saturated rings. The first-order chi connectivity index (χ1) is 8.57. The summed E-state index contributed by atoms with van der Waals surface area (Å²) in [6.07, 6.45) is 5.41. The Labute approximate surface area is 110 Å². The van der Waals surface area contributed by atoms with Crippen LogP contribution in [0.2, 0.25) is 0 Å². The van der Waals surface area contributed by atoms with Gasteiger partial charge in [-0.2, -0.15) is 22.3 Å². The number of hydrogen-bond donors (Lipinski definition) is 0. The Morgan fingerprint density at radius 1 is 1.06 bits per heavy atom. The van der Waals surface area contributed by atoms with E-state index in [-0.39, 0.29) is 6.04 Å². The molecule has 0 amide bonds. The fourth-order valence-electron chi connectivity index (χ4n) is 2.86. The van der Waals surface area contributed by atoms with Gasteiger partial charge >= 0.3 is 0 Å². The quantitative estimate of drug-likeness (QED) is 0.764. The highest BCUT2D eigenvalue weighted by atomic mass is 32.2. The Morgan fingerprint density at radius 2 is 1.67 bits per heavy atom. The molecule has 2 unspecified atom stereocenters. The van der Waals surface area contributed by atoms with Crippen molar-refractivity contribution in [2.75, 3.05) is 13.1 Å². The highest BCUT2D eigenvalue weighted by Gasteiger charge is 2.39. The van der Waals surface area contributed by atoms with E-state index in [9.17, 15) is 8.42 Å². The van der Waals surface area contributed by atoms with Crippen molar-refractivity contribution in [1.29, 1.82) is 5.26 Å². The average Bonchev–Trinajstić information content (AvgIpc) is 2.39. The third kappa shape index (κ3) is 2.53. The minimum Gasteiger partial charge on any atom is -0.197 e. The lowest BCUT2D eigenvalue weighted by atomic mass is 10.1. The summed E-state index contributed by atoms with van der Waals surface area (Å²) in [5, 5.41) is 9.11. The third-order valence-electron chi connectivity index (χ3n) is 3.94. The summed E-state index contributed by atoms with van der Waals surface area (Å²) >= 11 is 0. The first kappa shape index (κ1) is 13.8. The van der Waals surface area contributed by atoms with Gasteiger partial charge in [0, 0.05) is 19.1 Å². The Hall–Kier alpha value is -0.640. The standard InChI is InChI=1S/C12H21N3O2S/c1-11-6-2-4-8-14(11)18(16,17)15-9-5-3-7-12(15)10-13/h11-12H,2-9H2,1H3. The summed E-state index contributed by atoms with van der Waals surface area (Å²) in [5.41, 5.74) is 0. The minimum atomic E-state index is -3.45. The fraction of sp³-hybridized carbons (Fsp3) is 0.917. The van der Waals surface area contributed by atoms with Gasteiger partial charge < -0.3 is 0 Å². The summed E-state index contributed by atoms with van der Waals surface area (Å²) in [5.74, 6) is 0. The van der Waals surface area contributed by atoms with Gasteiger partial charge in [-0.1, -0.05) is 6.42 Å². The number of piperidine rings is 2. The van der Waals surface area contributed by atoms with Crippen LogP contribution in [0.15, 0.2) is 0 Å². The van der Waals surface area contributed by atoms with Gasteiger partial charge in [-0.3, -0.25) is 0 Å². The maximum Gasteiger partial charge on any atom is 0.283 e. The molecule has 102 valence electrons. The Bertz CT molecular complexity index is 429. The van der Waals surface area contributed by atoms with Crippen LogP contribution in [0.4, 0.5) is 0 Å². The van der Waals surface area contributed by atoms with E-state index in [4.69, 9.17) is 5.26 Å². The van der Waals surface area contributed by atoms with Gasteiger partial charge in [-0.15, -0.1) is 0 Å². The number of nitrogens with zero attached hydrogens (tertiary/aromatic N) is 3. The molecule has 0 aromatic rings. The van der Waals surface area contributed by atoms with Gasteiger partial charge in [-0.05, 0) is 39.0 Å². The average molecular weight is 271 g/mol. The van der Waals surface area contributed by atoms with Crippen LogP contribution in [0, 0.1) is 11.3 Å². The van der Waals surface area contributed by atoms with Gasteiger partial charge in [0.05, 0.1) is 6.07 Å². The Morgan fingerprint density at radius 3 is 2.28 bits per heavy atom. The number of nitriles is 1. The van der Waals surface area contributed by atoms with Crippen LogP contribution in [0.5, 0.6) is 0 Å². The van der Waals surface area contributed by atoms with Gasteiger partial charge in [0.1, 0.15) is 6.04 Å². The van der Waals surface area contributed by atoms with Crippen molar-refractivity contribution in [3.05, 3.63) is 0 Å². The van der Waals surface area contributed by atoms with Crippen LogP contribution in [0.3, 0.4) is 0 Å². The lowest BCUT2D eigenvalue weighted by Crippen LogP contribution is -2.53. The van der Waals surface area contributed by atoms with Crippen molar-refractivity contribution in [2.45, 2.75) is 57.5 Å². The van der Waals surface area contributed by atoms with E-state index in [0.717, 1.165) is 32.1 Å². The largest absolute Gasteiger partial charge is 0.283 e. The molecule has 0 N–H and O–H groups in total. The van der Waals surface area contributed by atoms with Crippen molar-refractivity contribution >= 4 is 10.2 Å². The molecule has 2 atom stereocenters. The van der Waals surface area contributed by atoms with Crippen LogP contribution < -0.4 is 0 Å². The smallest absolute Gasteiger partial charge is 0.197 e. The molecule has 0 aromatic carbocycles. The van der Waals surface area contributed by atoms with E-state index >= 15 is 0 Å². The molecule has 0 spiro atoms. The maximum absolute atomic E-state index is 12.6. The molecular formula is C12H21N3O2S. The Kier molecular flexibility index (Phi) is 4.25. The van der Waals surface area contributed by atoms with Crippen LogP contribution in [0.25, 0.3) is 0 Å². The van der Waals surface area contributed by atoms with Crippen LogP contribution in [-0.2, 0) is 10.2 Å². The van der Waals surface area contributed by atoms with Crippen LogP contribution in [0.1, 0.15) is 45.4 Å². The van der Waals surface area contributed by atoms with Crippen LogP contribution >= 0.6 is 0 Å². The van der Waals surface area contributed by atoms with Gasteiger partial charge in [-0.25, -0.2) is 0 Å². The predicted octanol–water partition coefficient (Wildman–Crippen LogP) is 1.48. The van der Waals surface area contributed by atoms with Crippen LogP contribution in [-0.4, -0.2) is 42.2 Å². The molecule has 2 aliphatic rings. The summed E-state index contributed by atoms with van der Waals surface area (Å²) < 4.78 is 28.2. The molecule has 2 aliphatic heterocycles. The zero-order chi connectivity index (χ0) is 13.2. The van der Waals surface area contributed by atoms with E-state index in [1.807, 2.05) is 6.92 Å². The molecule has 2 saturated heterocycles. The molecular weight excluding hydrogens is 250 g/mol. The molecule has 0 saturated carbocycles. The molecule has 2 heterocycles. The van der Waals surface area contributed by atoms with Crippen molar-refractivity contribution in [1.82, 2.24) is 8.61 Å². The summed E-state index contributed by atoms with van der Waals surface area (Å²) in [6.45, 7) is 3.05. The van der Waals surface area contributed by atoms with E-state index in [1.165, 1.54) is 4.31 Å². The first-order valence-corrected chi connectivity index (χ1v) is 8.15. The first-order valence-electron chi connectivity index (χ1n) is 6.75. The second kappa shape index (κ2) is 5.55. The second-order valence-electron chi connectivity index (χ2n) is 5.21. The molecule has 0 aliphatic carbocycles. The molecule has 6 heteroatoms. The monoisotopic (exact) mass is 271 g/mol. The fourth-order valence-corrected chi connectivity index (χ4v) is 4.88. The highest BCUT2D eigenvalue weighted by molar-refractivity contribution is 7.86. The lowest BCUT2D eigenvalue weighted by molar-refractivity contribution is 0.221. The molecule has 0 radical (unpaired) electrons. The van der Waals surface area contributed by atoms with E-state index in [0.29, 0.717) is 19.5 Å². The number of rotatable bonds is 2. The van der Waals surface area contributed by atoms with Crippen molar-refractivity contribution in [3.63, 3.8) is 0 Å². The zero-order valence-corrected chi connectivity index (χ0v) is 11.7.